The van der Waals surface area contributed by atoms with Crippen LogP contribution in [0.25, 0.3) is 0 Å². The first-order valence-corrected chi connectivity index (χ1v) is 8.02. The fourth-order valence-electron chi connectivity index (χ4n) is 1.53. The molecule has 102 valence electrons. The Hall–Kier alpha value is -0.620. The lowest BCUT2D eigenvalue weighted by Gasteiger charge is -2.12. The summed E-state index contributed by atoms with van der Waals surface area (Å²) in [6.07, 6.45) is 0. The van der Waals surface area contributed by atoms with Crippen LogP contribution in [0.5, 0.6) is 0 Å². The van der Waals surface area contributed by atoms with Crippen molar-refractivity contribution in [3.63, 3.8) is 0 Å². The predicted octanol–water partition coefficient (Wildman–Crippen LogP) is 4.15. The number of rotatable bonds is 5. The van der Waals surface area contributed by atoms with Gasteiger partial charge in [0.05, 0.1) is 5.02 Å². The number of nitrogens with one attached hydrogen (secondary N) is 1. The molecule has 0 aliphatic carbocycles. The van der Waals surface area contributed by atoms with E-state index in [-0.39, 0.29) is 0 Å². The van der Waals surface area contributed by atoms with Crippen molar-refractivity contribution in [1.82, 2.24) is 14.7 Å². The largest absolute Gasteiger partial charge is 0.310 e. The van der Waals surface area contributed by atoms with Gasteiger partial charge in [-0.3, -0.25) is 0 Å². The Kier molecular flexibility index (Phi) is 5.21. The highest BCUT2D eigenvalue weighted by Gasteiger charge is 2.11. The second-order valence-electron chi connectivity index (χ2n) is 4.47. The Morgan fingerprint density at radius 2 is 2.21 bits per heavy atom. The summed E-state index contributed by atoms with van der Waals surface area (Å²) in [7, 11) is 0. The molecule has 0 spiro atoms. The second kappa shape index (κ2) is 6.70. The summed E-state index contributed by atoms with van der Waals surface area (Å²) < 4.78 is 5.12. The van der Waals surface area contributed by atoms with Crippen LogP contribution in [-0.2, 0) is 6.54 Å². The zero-order valence-corrected chi connectivity index (χ0v) is 13.5. The molecule has 0 radical (unpaired) electrons. The molecule has 0 atom stereocenters. The Balaban J connectivity index is 2.22. The molecule has 1 aromatic heterocycles. The number of nitrogens with zero attached hydrogens (tertiary/aromatic N) is 2. The minimum atomic E-state index is 0.445. The van der Waals surface area contributed by atoms with E-state index in [0.29, 0.717) is 6.04 Å². The Morgan fingerprint density at radius 1 is 1.42 bits per heavy atom. The van der Waals surface area contributed by atoms with Crippen LogP contribution in [0.3, 0.4) is 0 Å². The maximum absolute atomic E-state index is 6.31. The summed E-state index contributed by atoms with van der Waals surface area (Å²) in [6, 6.07) is 6.43. The molecule has 6 heteroatoms. The molecular formula is C13H16ClN3S2. The Bertz CT molecular complexity index is 555. The highest BCUT2D eigenvalue weighted by atomic mass is 35.5. The second-order valence-corrected chi connectivity index (χ2v) is 6.89. The van der Waals surface area contributed by atoms with Crippen molar-refractivity contribution in [2.75, 3.05) is 0 Å². The Morgan fingerprint density at radius 3 is 2.84 bits per heavy atom. The van der Waals surface area contributed by atoms with E-state index >= 15 is 0 Å². The van der Waals surface area contributed by atoms with Gasteiger partial charge in [0.15, 0.2) is 4.34 Å². The number of hydrogen-bond acceptors (Lipinski definition) is 5. The highest BCUT2D eigenvalue weighted by molar-refractivity contribution is 8.01. The van der Waals surface area contributed by atoms with E-state index < -0.39 is 0 Å². The van der Waals surface area contributed by atoms with E-state index in [1.165, 1.54) is 17.1 Å². The maximum Gasteiger partial charge on any atom is 0.174 e. The fourth-order valence-corrected chi connectivity index (χ4v) is 3.56. The van der Waals surface area contributed by atoms with E-state index in [1.807, 2.05) is 19.1 Å². The first-order valence-electron chi connectivity index (χ1n) is 6.05. The van der Waals surface area contributed by atoms with Gasteiger partial charge in [0.1, 0.15) is 5.82 Å². The standard InChI is InChI=1S/C13H16ClN3S2/c1-8(2)15-7-10-5-4-6-11(14)12(10)18-13-16-9(3)17-19-13/h4-6,8,15H,7H2,1-3H3. The van der Waals surface area contributed by atoms with Crippen LogP contribution in [0, 0.1) is 6.92 Å². The van der Waals surface area contributed by atoms with E-state index in [4.69, 9.17) is 11.6 Å². The lowest BCUT2D eigenvalue weighted by Crippen LogP contribution is -2.22. The van der Waals surface area contributed by atoms with Gasteiger partial charge in [-0.25, -0.2) is 4.98 Å². The minimum Gasteiger partial charge on any atom is -0.310 e. The number of halogens is 1. The zero-order chi connectivity index (χ0) is 13.8. The van der Waals surface area contributed by atoms with Gasteiger partial charge in [-0.15, -0.1) is 0 Å². The average molecular weight is 314 g/mol. The summed E-state index contributed by atoms with van der Waals surface area (Å²) in [4.78, 5) is 5.44. The SMILES string of the molecule is Cc1nsc(Sc2c(Cl)cccc2CNC(C)C)n1. The minimum absolute atomic E-state index is 0.445. The molecule has 0 aliphatic rings. The summed E-state index contributed by atoms with van der Waals surface area (Å²) in [5, 5.41) is 4.18. The molecule has 1 aromatic carbocycles. The monoisotopic (exact) mass is 313 g/mol. The molecule has 0 saturated carbocycles. The topological polar surface area (TPSA) is 37.8 Å². The van der Waals surface area contributed by atoms with Gasteiger partial charge in [0.25, 0.3) is 0 Å². The molecule has 19 heavy (non-hydrogen) atoms. The van der Waals surface area contributed by atoms with Gasteiger partial charge >= 0.3 is 0 Å². The van der Waals surface area contributed by atoms with E-state index in [1.54, 1.807) is 11.8 Å². The van der Waals surface area contributed by atoms with Gasteiger partial charge in [0.2, 0.25) is 0 Å². The molecule has 3 nitrogen and oxygen atoms in total. The van der Waals surface area contributed by atoms with Crippen molar-refractivity contribution < 1.29 is 0 Å². The van der Waals surface area contributed by atoms with Crippen molar-refractivity contribution in [3.8, 4) is 0 Å². The molecule has 2 aromatic rings. The van der Waals surface area contributed by atoms with Crippen LogP contribution in [-0.4, -0.2) is 15.4 Å². The molecule has 1 heterocycles. The van der Waals surface area contributed by atoms with Gasteiger partial charge in [-0.1, -0.05) is 49.3 Å². The van der Waals surface area contributed by atoms with Gasteiger partial charge in [-0.2, -0.15) is 4.37 Å². The highest BCUT2D eigenvalue weighted by Crippen LogP contribution is 2.36. The van der Waals surface area contributed by atoms with Crippen LogP contribution >= 0.6 is 34.9 Å². The molecule has 0 fully saturated rings. The normalized spacial score (nSPS) is 11.2. The smallest absolute Gasteiger partial charge is 0.174 e. The Labute approximate surface area is 127 Å². The van der Waals surface area contributed by atoms with Crippen LogP contribution in [0.4, 0.5) is 0 Å². The lowest BCUT2D eigenvalue weighted by atomic mass is 10.2. The van der Waals surface area contributed by atoms with Crippen molar-refractivity contribution in [2.24, 2.45) is 0 Å². The third-order valence-electron chi connectivity index (χ3n) is 2.45. The average Bonchev–Trinajstić information content (AvgIpc) is 2.75. The summed E-state index contributed by atoms with van der Waals surface area (Å²) in [6.45, 7) is 6.96. The molecule has 0 amide bonds. The molecule has 0 bridgehead atoms. The van der Waals surface area contributed by atoms with Gasteiger partial charge in [-0.05, 0) is 30.1 Å². The number of benzene rings is 1. The van der Waals surface area contributed by atoms with Crippen LogP contribution in [0.15, 0.2) is 27.4 Å². The lowest BCUT2D eigenvalue weighted by molar-refractivity contribution is 0.585. The zero-order valence-electron chi connectivity index (χ0n) is 11.1. The third-order valence-corrected chi connectivity index (χ3v) is 4.90. The summed E-state index contributed by atoms with van der Waals surface area (Å²) >= 11 is 9.30. The quantitative estimate of drug-likeness (QED) is 0.900. The molecule has 0 unspecified atom stereocenters. The van der Waals surface area contributed by atoms with Crippen LogP contribution < -0.4 is 5.32 Å². The number of aromatic nitrogens is 2. The number of hydrogen-bond donors (Lipinski definition) is 1. The summed E-state index contributed by atoms with van der Waals surface area (Å²) in [5.41, 5.74) is 1.19. The third kappa shape index (κ3) is 4.18. The van der Waals surface area contributed by atoms with Crippen molar-refractivity contribution >= 4 is 34.9 Å². The predicted molar refractivity (Wildman–Crippen MR) is 82.2 cm³/mol. The van der Waals surface area contributed by atoms with Crippen LogP contribution in [0.1, 0.15) is 25.2 Å². The molecule has 1 N–H and O–H groups in total. The van der Waals surface area contributed by atoms with E-state index in [2.05, 4.69) is 34.6 Å². The first-order chi connectivity index (χ1) is 9.06. The molecule has 0 saturated heterocycles. The van der Waals surface area contributed by atoms with Crippen molar-refractivity contribution in [3.05, 3.63) is 34.6 Å². The molecule has 2 rings (SSSR count). The maximum atomic E-state index is 6.31. The van der Waals surface area contributed by atoms with E-state index in [9.17, 15) is 0 Å². The fraction of sp³-hybridized carbons (Fsp3) is 0.385. The first kappa shape index (κ1) is 14.8. The van der Waals surface area contributed by atoms with Gasteiger partial charge < -0.3 is 5.32 Å². The van der Waals surface area contributed by atoms with Gasteiger partial charge in [0, 0.05) is 17.5 Å². The van der Waals surface area contributed by atoms with Crippen LogP contribution in [0.2, 0.25) is 5.02 Å². The van der Waals surface area contributed by atoms with Crippen molar-refractivity contribution in [2.45, 2.75) is 42.6 Å². The van der Waals surface area contributed by atoms with E-state index in [0.717, 1.165) is 26.6 Å². The number of aryl methyl sites for hydroxylation is 1. The molecule has 0 aliphatic heterocycles. The summed E-state index contributed by atoms with van der Waals surface area (Å²) in [5.74, 6) is 0.807. The molecular weight excluding hydrogens is 298 g/mol. The van der Waals surface area contributed by atoms with Crippen molar-refractivity contribution in [1.29, 1.82) is 0 Å².